The lowest BCUT2D eigenvalue weighted by molar-refractivity contribution is 0.0941. The van der Waals surface area contributed by atoms with Crippen LogP contribution in [0.5, 0.6) is 0 Å². The number of carbonyl (C=O) groups is 1. The van der Waals surface area contributed by atoms with E-state index in [2.05, 4.69) is 5.32 Å². The molecule has 0 unspecified atom stereocenters. The molecule has 0 saturated carbocycles. The van der Waals surface area contributed by atoms with Crippen LogP contribution in [0.25, 0.3) is 0 Å². The number of sulfone groups is 1. The molecule has 2 aliphatic heterocycles. The average Bonchev–Trinajstić information content (AvgIpc) is 3.09. The van der Waals surface area contributed by atoms with Crippen molar-refractivity contribution < 1.29 is 13.2 Å². The van der Waals surface area contributed by atoms with Gasteiger partial charge >= 0.3 is 0 Å². The van der Waals surface area contributed by atoms with E-state index in [0.717, 1.165) is 0 Å². The summed E-state index contributed by atoms with van der Waals surface area (Å²) < 4.78 is 23.3. The van der Waals surface area contributed by atoms with Gasteiger partial charge in [0.25, 0.3) is 5.91 Å². The van der Waals surface area contributed by atoms with E-state index in [4.69, 9.17) is 0 Å². The molecule has 21 heavy (non-hydrogen) atoms. The van der Waals surface area contributed by atoms with Gasteiger partial charge in [-0.2, -0.15) is 0 Å². The first-order chi connectivity index (χ1) is 10.0. The fourth-order valence-electron chi connectivity index (χ4n) is 2.52. The zero-order valence-electron chi connectivity index (χ0n) is 11.4. The lowest BCUT2D eigenvalue weighted by atomic mass is 10.1. The lowest BCUT2D eigenvalue weighted by Crippen LogP contribution is -2.35. The molecule has 2 heterocycles. The van der Waals surface area contributed by atoms with E-state index in [-0.39, 0.29) is 23.5 Å². The summed E-state index contributed by atoms with van der Waals surface area (Å²) in [5.74, 6) is 2.40. The molecule has 2 saturated heterocycles. The van der Waals surface area contributed by atoms with E-state index in [9.17, 15) is 13.2 Å². The minimum atomic E-state index is -2.96. The first-order valence-electron chi connectivity index (χ1n) is 6.88. The maximum atomic E-state index is 12.1. The first kappa shape index (κ1) is 15.2. The molecule has 1 aromatic carbocycles. The molecule has 2 fully saturated rings. The number of hydrogen-bond donors (Lipinski definition) is 1. The number of nitrogens with one attached hydrogen (secondary N) is 1. The molecule has 7 heteroatoms. The van der Waals surface area contributed by atoms with Gasteiger partial charge in [0.15, 0.2) is 9.84 Å². The molecular formula is C14H17NO3S3. The highest BCUT2D eigenvalue weighted by Crippen LogP contribution is 2.45. The van der Waals surface area contributed by atoms with Crippen molar-refractivity contribution in [3.8, 4) is 0 Å². The van der Waals surface area contributed by atoms with E-state index < -0.39 is 9.84 Å². The summed E-state index contributed by atoms with van der Waals surface area (Å²) in [5, 5.41) is 2.81. The fraction of sp³-hybridized carbons (Fsp3) is 0.500. The minimum Gasteiger partial charge on any atom is -0.348 e. The molecule has 4 nitrogen and oxygen atoms in total. The largest absolute Gasteiger partial charge is 0.348 e. The summed E-state index contributed by atoms with van der Waals surface area (Å²) in [5.41, 5.74) is 1.83. The van der Waals surface area contributed by atoms with Crippen molar-refractivity contribution in [2.45, 2.75) is 17.0 Å². The number of thioether (sulfide) groups is 2. The predicted molar refractivity (Wildman–Crippen MR) is 88.6 cm³/mol. The van der Waals surface area contributed by atoms with Crippen LogP contribution in [-0.2, 0) is 9.84 Å². The van der Waals surface area contributed by atoms with Gasteiger partial charge in [0.1, 0.15) is 0 Å². The van der Waals surface area contributed by atoms with Crippen LogP contribution in [0.2, 0.25) is 0 Å². The number of hydrogen-bond acceptors (Lipinski definition) is 5. The molecule has 0 bridgehead atoms. The quantitative estimate of drug-likeness (QED) is 0.910. The average molecular weight is 343 g/mol. The highest BCUT2D eigenvalue weighted by atomic mass is 32.2. The molecule has 114 valence electrons. The van der Waals surface area contributed by atoms with Gasteiger partial charge in [0, 0.05) is 23.1 Å². The third kappa shape index (κ3) is 3.76. The molecular weight excluding hydrogens is 326 g/mol. The van der Waals surface area contributed by atoms with E-state index in [1.54, 1.807) is 0 Å². The van der Waals surface area contributed by atoms with Crippen LogP contribution in [0.3, 0.4) is 0 Å². The molecule has 0 aliphatic carbocycles. The van der Waals surface area contributed by atoms with E-state index >= 15 is 0 Å². The Morgan fingerprint density at radius 3 is 2.38 bits per heavy atom. The van der Waals surface area contributed by atoms with Gasteiger partial charge in [-0.05, 0) is 24.1 Å². The van der Waals surface area contributed by atoms with Crippen LogP contribution < -0.4 is 5.32 Å². The van der Waals surface area contributed by atoms with Gasteiger partial charge in [-0.25, -0.2) is 8.42 Å². The van der Waals surface area contributed by atoms with Crippen LogP contribution in [0.1, 0.15) is 26.9 Å². The number of carbonyl (C=O) groups excluding carboxylic acids is 1. The Hall–Kier alpha value is -0.660. The maximum Gasteiger partial charge on any atom is 0.251 e. The second kappa shape index (κ2) is 6.22. The Labute approximate surface area is 133 Å². The van der Waals surface area contributed by atoms with Crippen LogP contribution >= 0.6 is 23.5 Å². The molecule has 3 rings (SSSR count). The van der Waals surface area contributed by atoms with Gasteiger partial charge in [-0.3, -0.25) is 4.79 Å². The SMILES string of the molecule is O=C(N[C@@H]1CCS(=O)(=O)C1)c1ccc(C2SCCS2)cc1. The van der Waals surface area contributed by atoms with Crippen molar-refractivity contribution in [1.29, 1.82) is 0 Å². The highest BCUT2D eigenvalue weighted by Gasteiger charge is 2.29. The van der Waals surface area contributed by atoms with Gasteiger partial charge in [0.05, 0.1) is 16.1 Å². The van der Waals surface area contributed by atoms with Gasteiger partial charge in [-0.15, -0.1) is 23.5 Å². The highest BCUT2D eigenvalue weighted by molar-refractivity contribution is 8.19. The molecule has 0 spiro atoms. The molecule has 1 amide bonds. The summed E-state index contributed by atoms with van der Waals surface area (Å²) >= 11 is 3.86. The topological polar surface area (TPSA) is 63.2 Å². The Kier molecular flexibility index (Phi) is 4.51. The summed E-state index contributed by atoms with van der Waals surface area (Å²) in [4.78, 5) is 12.1. The van der Waals surface area contributed by atoms with E-state index in [1.807, 2.05) is 47.8 Å². The second-order valence-corrected chi connectivity index (χ2v) is 10.2. The normalized spacial score (nSPS) is 25.0. The van der Waals surface area contributed by atoms with Crippen LogP contribution in [0.15, 0.2) is 24.3 Å². The number of amides is 1. The van der Waals surface area contributed by atoms with Crippen LogP contribution in [0.4, 0.5) is 0 Å². The zero-order valence-corrected chi connectivity index (χ0v) is 13.9. The fourth-order valence-corrected chi connectivity index (χ4v) is 7.05. The smallest absolute Gasteiger partial charge is 0.251 e. The summed E-state index contributed by atoms with van der Waals surface area (Å²) in [6.07, 6.45) is 0.515. The van der Waals surface area contributed by atoms with Crippen molar-refractivity contribution in [3.05, 3.63) is 35.4 Å². The third-order valence-corrected chi connectivity index (χ3v) is 8.51. The number of benzene rings is 1. The predicted octanol–water partition coefficient (Wildman–Crippen LogP) is 2.08. The van der Waals surface area contributed by atoms with Crippen molar-refractivity contribution in [2.75, 3.05) is 23.0 Å². The van der Waals surface area contributed by atoms with Crippen molar-refractivity contribution in [1.82, 2.24) is 5.32 Å². The maximum absolute atomic E-state index is 12.1. The molecule has 1 aromatic rings. The molecule has 0 aromatic heterocycles. The Morgan fingerprint density at radius 1 is 1.14 bits per heavy atom. The summed E-state index contributed by atoms with van der Waals surface area (Å²) in [6.45, 7) is 0. The Bertz CT molecular complexity index is 621. The van der Waals surface area contributed by atoms with Crippen molar-refractivity contribution in [3.63, 3.8) is 0 Å². The van der Waals surface area contributed by atoms with Gasteiger partial charge in [-0.1, -0.05) is 12.1 Å². The van der Waals surface area contributed by atoms with Crippen LogP contribution in [-0.4, -0.2) is 43.4 Å². The lowest BCUT2D eigenvalue weighted by Gasteiger charge is -2.12. The monoisotopic (exact) mass is 343 g/mol. The standard InChI is InChI=1S/C14H17NO3S3/c16-13(15-12-5-8-21(17,18)9-12)10-1-3-11(4-2-10)14-19-6-7-20-14/h1-4,12,14H,5-9H2,(H,15,16)/t12-/m1/s1. The van der Waals surface area contributed by atoms with Crippen LogP contribution in [0, 0.1) is 0 Å². The van der Waals surface area contributed by atoms with Gasteiger partial charge < -0.3 is 5.32 Å². The molecule has 1 N–H and O–H groups in total. The van der Waals surface area contributed by atoms with E-state index in [1.165, 1.54) is 17.1 Å². The van der Waals surface area contributed by atoms with Gasteiger partial charge in [0.2, 0.25) is 0 Å². The third-order valence-electron chi connectivity index (χ3n) is 3.63. The summed E-state index contributed by atoms with van der Waals surface area (Å²) in [7, 11) is -2.96. The minimum absolute atomic E-state index is 0.0617. The Morgan fingerprint density at radius 2 is 1.81 bits per heavy atom. The van der Waals surface area contributed by atoms with E-state index in [0.29, 0.717) is 16.6 Å². The van der Waals surface area contributed by atoms with Crippen molar-refractivity contribution in [2.24, 2.45) is 0 Å². The summed E-state index contributed by atoms with van der Waals surface area (Å²) in [6, 6.07) is 7.40. The molecule has 0 radical (unpaired) electrons. The molecule has 1 atom stereocenters. The van der Waals surface area contributed by atoms with Crippen molar-refractivity contribution >= 4 is 39.3 Å². The Balaban J connectivity index is 1.62. The molecule has 2 aliphatic rings. The second-order valence-electron chi connectivity index (χ2n) is 5.27. The first-order valence-corrected chi connectivity index (χ1v) is 10.8. The zero-order chi connectivity index (χ0) is 14.9. The number of rotatable bonds is 3.